The highest BCUT2D eigenvalue weighted by Gasteiger charge is 2.38. The SMILES string of the molecule is CN(C1CC2CCC(C1)N2)S(=O)(=O)Cc1ccccc1. The molecule has 2 aliphatic heterocycles. The smallest absolute Gasteiger partial charge is 0.218 e. The molecule has 2 heterocycles. The maximum atomic E-state index is 12.5. The summed E-state index contributed by atoms with van der Waals surface area (Å²) in [5.41, 5.74) is 0.858. The van der Waals surface area contributed by atoms with Gasteiger partial charge in [-0.3, -0.25) is 0 Å². The average molecular weight is 294 g/mol. The van der Waals surface area contributed by atoms with Crippen molar-refractivity contribution < 1.29 is 8.42 Å². The van der Waals surface area contributed by atoms with Gasteiger partial charge in [0.15, 0.2) is 0 Å². The normalized spacial score (nSPS) is 29.8. The van der Waals surface area contributed by atoms with Crippen LogP contribution in [0.2, 0.25) is 0 Å². The van der Waals surface area contributed by atoms with Crippen LogP contribution in [-0.2, 0) is 15.8 Å². The van der Waals surface area contributed by atoms with Crippen LogP contribution in [0.15, 0.2) is 30.3 Å². The molecule has 0 saturated carbocycles. The molecule has 3 rings (SSSR count). The molecule has 0 aromatic heterocycles. The Bertz CT molecular complexity index is 546. The number of hydrogen-bond donors (Lipinski definition) is 1. The van der Waals surface area contributed by atoms with Gasteiger partial charge < -0.3 is 5.32 Å². The lowest BCUT2D eigenvalue weighted by Crippen LogP contribution is -2.48. The molecule has 0 amide bonds. The van der Waals surface area contributed by atoms with Crippen LogP contribution in [0.4, 0.5) is 0 Å². The van der Waals surface area contributed by atoms with Crippen molar-refractivity contribution in [3.05, 3.63) is 35.9 Å². The minimum absolute atomic E-state index is 0.101. The largest absolute Gasteiger partial charge is 0.311 e. The van der Waals surface area contributed by atoms with Crippen LogP contribution >= 0.6 is 0 Å². The Balaban J connectivity index is 1.71. The summed E-state index contributed by atoms with van der Waals surface area (Å²) < 4.78 is 26.7. The maximum absolute atomic E-state index is 12.5. The number of nitrogens with one attached hydrogen (secondary N) is 1. The van der Waals surface area contributed by atoms with Gasteiger partial charge in [0.25, 0.3) is 0 Å². The van der Waals surface area contributed by atoms with Gasteiger partial charge in [-0.15, -0.1) is 0 Å². The minimum atomic E-state index is -3.23. The van der Waals surface area contributed by atoms with Crippen molar-refractivity contribution in [1.82, 2.24) is 9.62 Å². The minimum Gasteiger partial charge on any atom is -0.311 e. The van der Waals surface area contributed by atoms with Crippen LogP contribution in [0.3, 0.4) is 0 Å². The molecule has 0 spiro atoms. The number of piperidine rings is 1. The van der Waals surface area contributed by atoms with Crippen molar-refractivity contribution in [3.63, 3.8) is 0 Å². The van der Waals surface area contributed by atoms with Crippen molar-refractivity contribution in [2.24, 2.45) is 0 Å². The van der Waals surface area contributed by atoms with E-state index in [-0.39, 0.29) is 11.8 Å². The molecule has 0 radical (unpaired) electrons. The number of sulfonamides is 1. The lowest BCUT2D eigenvalue weighted by atomic mass is 10.0. The summed E-state index contributed by atoms with van der Waals surface area (Å²) in [6.07, 6.45) is 4.27. The predicted octanol–water partition coefficient (Wildman–Crippen LogP) is 1.73. The Morgan fingerprint density at radius 1 is 1.15 bits per heavy atom. The quantitative estimate of drug-likeness (QED) is 0.920. The number of hydrogen-bond acceptors (Lipinski definition) is 3. The van der Waals surface area contributed by atoms with E-state index in [1.807, 2.05) is 30.3 Å². The molecule has 20 heavy (non-hydrogen) atoms. The van der Waals surface area contributed by atoms with Crippen LogP contribution < -0.4 is 5.32 Å². The van der Waals surface area contributed by atoms with E-state index in [9.17, 15) is 8.42 Å². The molecule has 110 valence electrons. The zero-order chi connectivity index (χ0) is 14.2. The molecule has 2 fully saturated rings. The molecule has 5 heteroatoms. The van der Waals surface area contributed by atoms with E-state index < -0.39 is 10.0 Å². The van der Waals surface area contributed by atoms with Crippen molar-refractivity contribution in [2.45, 2.75) is 49.6 Å². The number of rotatable bonds is 4. The van der Waals surface area contributed by atoms with Crippen LogP contribution in [-0.4, -0.2) is 37.9 Å². The van der Waals surface area contributed by atoms with Crippen molar-refractivity contribution in [3.8, 4) is 0 Å². The van der Waals surface area contributed by atoms with E-state index in [1.165, 1.54) is 12.8 Å². The first-order chi connectivity index (χ1) is 9.54. The fraction of sp³-hybridized carbons (Fsp3) is 0.600. The predicted molar refractivity (Wildman–Crippen MR) is 79.8 cm³/mol. The zero-order valence-corrected chi connectivity index (χ0v) is 12.6. The lowest BCUT2D eigenvalue weighted by Gasteiger charge is -2.34. The summed E-state index contributed by atoms with van der Waals surface area (Å²) in [5.74, 6) is 0.101. The van der Waals surface area contributed by atoms with Crippen LogP contribution in [0.25, 0.3) is 0 Å². The fourth-order valence-corrected chi connectivity index (χ4v) is 4.88. The Hall–Kier alpha value is -0.910. The third-order valence-corrected chi connectivity index (χ3v) is 6.47. The second kappa shape index (κ2) is 5.47. The van der Waals surface area contributed by atoms with Gasteiger partial charge in [0.2, 0.25) is 10.0 Å². The van der Waals surface area contributed by atoms with Gasteiger partial charge in [0, 0.05) is 25.2 Å². The summed E-state index contributed by atoms with van der Waals surface area (Å²) in [6.45, 7) is 0. The van der Waals surface area contributed by atoms with Gasteiger partial charge in [-0.05, 0) is 31.2 Å². The van der Waals surface area contributed by atoms with E-state index in [2.05, 4.69) is 5.32 Å². The third kappa shape index (κ3) is 2.90. The van der Waals surface area contributed by atoms with Crippen molar-refractivity contribution in [2.75, 3.05) is 7.05 Å². The molecule has 2 saturated heterocycles. The van der Waals surface area contributed by atoms with Crippen molar-refractivity contribution >= 4 is 10.0 Å². The van der Waals surface area contributed by atoms with Crippen LogP contribution in [0.5, 0.6) is 0 Å². The highest BCUT2D eigenvalue weighted by molar-refractivity contribution is 7.88. The molecule has 4 nitrogen and oxygen atoms in total. The highest BCUT2D eigenvalue weighted by Crippen LogP contribution is 2.30. The molecule has 0 aliphatic carbocycles. The maximum Gasteiger partial charge on any atom is 0.218 e. The topological polar surface area (TPSA) is 49.4 Å². The molecular formula is C15H22N2O2S. The number of benzene rings is 1. The van der Waals surface area contributed by atoms with E-state index >= 15 is 0 Å². The van der Waals surface area contributed by atoms with Crippen molar-refractivity contribution in [1.29, 1.82) is 0 Å². The Morgan fingerprint density at radius 2 is 1.75 bits per heavy atom. The highest BCUT2D eigenvalue weighted by atomic mass is 32.2. The van der Waals surface area contributed by atoms with Gasteiger partial charge in [-0.1, -0.05) is 30.3 Å². The third-order valence-electron chi connectivity index (χ3n) is 4.59. The standard InChI is InChI=1S/C15H22N2O2S/c1-17(15-9-13-7-8-14(10-15)16-13)20(18,19)11-12-5-3-2-4-6-12/h2-6,13-16H,7-11H2,1H3. The summed E-state index contributed by atoms with van der Waals surface area (Å²) in [5, 5.41) is 3.55. The van der Waals surface area contributed by atoms with Crippen LogP contribution in [0.1, 0.15) is 31.2 Å². The molecule has 2 atom stereocenters. The molecule has 1 N–H and O–H groups in total. The molecular weight excluding hydrogens is 272 g/mol. The Morgan fingerprint density at radius 3 is 2.35 bits per heavy atom. The number of fused-ring (bicyclic) bond motifs is 2. The summed E-state index contributed by atoms with van der Waals surface area (Å²) >= 11 is 0. The molecule has 2 bridgehead atoms. The van der Waals surface area contributed by atoms with E-state index in [1.54, 1.807) is 11.4 Å². The Labute approximate surface area is 121 Å². The average Bonchev–Trinajstić information content (AvgIpc) is 2.77. The van der Waals surface area contributed by atoms with E-state index in [0.717, 1.165) is 18.4 Å². The van der Waals surface area contributed by atoms with E-state index in [0.29, 0.717) is 12.1 Å². The molecule has 2 unspecified atom stereocenters. The summed E-state index contributed by atoms with van der Waals surface area (Å²) in [4.78, 5) is 0. The van der Waals surface area contributed by atoms with Crippen LogP contribution in [0, 0.1) is 0 Å². The lowest BCUT2D eigenvalue weighted by molar-refractivity contribution is 0.251. The molecule has 1 aromatic rings. The second-order valence-electron chi connectivity index (χ2n) is 6.02. The Kier molecular flexibility index (Phi) is 3.84. The number of nitrogens with zero attached hydrogens (tertiary/aromatic N) is 1. The van der Waals surface area contributed by atoms with Gasteiger partial charge in [0.1, 0.15) is 0 Å². The summed E-state index contributed by atoms with van der Waals surface area (Å²) in [7, 11) is -1.48. The molecule has 1 aromatic carbocycles. The fourth-order valence-electron chi connectivity index (χ4n) is 3.44. The summed E-state index contributed by atoms with van der Waals surface area (Å²) in [6, 6.07) is 10.6. The first-order valence-electron chi connectivity index (χ1n) is 7.30. The monoisotopic (exact) mass is 294 g/mol. The van der Waals surface area contributed by atoms with Gasteiger partial charge in [-0.25, -0.2) is 12.7 Å². The first-order valence-corrected chi connectivity index (χ1v) is 8.91. The van der Waals surface area contributed by atoms with Gasteiger partial charge in [-0.2, -0.15) is 0 Å². The van der Waals surface area contributed by atoms with E-state index in [4.69, 9.17) is 0 Å². The second-order valence-corrected chi connectivity index (χ2v) is 8.05. The molecule has 2 aliphatic rings. The van der Waals surface area contributed by atoms with Gasteiger partial charge >= 0.3 is 0 Å². The van der Waals surface area contributed by atoms with Gasteiger partial charge in [0.05, 0.1) is 5.75 Å². The zero-order valence-electron chi connectivity index (χ0n) is 11.8. The first kappa shape index (κ1) is 14.0.